The summed E-state index contributed by atoms with van der Waals surface area (Å²) in [6.07, 6.45) is 3.00. The molecule has 112 valence electrons. The lowest BCUT2D eigenvalue weighted by Gasteiger charge is -2.35. The summed E-state index contributed by atoms with van der Waals surface area (Å²) < 4.78 is 0. The maximum absolute atomic E-state index is 10.1. The van der Waals surface area contributed by atoms with Gasteiger partial charge in [-0.2, -0.15) is 0 Å². The summed E-state index contributed by atoms with van der Waals surface area (Å²) in [6.45, 7) is 5.76. The number of aromatic hydroxyl groups is 3. The monoisotopic (exact) mass is 280 g/mol. The molecule has 20 heavy (non-hydrogen) atoms. The van der Waals surface area contributed by atoms with E-state index in [1.165, 1.54) is 12.1 Å². The lowest BCUT2D eigenvalue weighted by Crippen LogP contribution is -2.45. The third kappa shape index (κ3) is 3.35. The minimum Gasteiger partial charge on any atom is -0.508 e. The Hall–Kier alpha value is -1.46. The zero-order valence-electron chi connectivity index (χ0n) is 12.0. The molecular formula is C15H24N2O3. The van der Waals surface area contributed by atoms with Gasteiger partial charge in [0.25, 0.3) is 0 Å². The number of unbranched alkanes of at least 4 members (excludes halogenated alkanes) is 1. The van der Waals surface area contributed by atoms with Crippen molar-refractivity contribution in [1.29, 1.82) is 0 Å². The van der Waals surface area contributed by atoms with Gasteiger partial charge in [0.1, 0.15) is 17.2 Å². The molecule has 1 aliphatic heterocycles. The summed E-state index contributed by atoms with van der Waals surface area (Å²) in [4.78, 5) is 2.29. The molecule has 1 atom stereocenters. The van der Waals surface area contributed by atoms with Crippen molar-refractivity contribution in [3.63, 3.8) is 0 Å². The van der Waals surface area contributed by atoms with E-state index in [0.29, 0.717) is 5.56 Å². The highest BCUT2D eigenvalue weighted by atomic mass is 16.3. The number of hydrogen-bond donors (Lipinski definition) is 4. The SMILES string of the molecule is CCCC[C@H](c1c(O)cc(O)cc1O)N1CCNCC1. The number of phenolic OH excluding ortho intramolecular Hbond substituents is 3. The lowest BCUT2D eigenvalue weighted by atomic mass is 9.96. The second-order valence-corrected chi connectivity index (χ2v) is 5.34. The Kier molecular flexibility index (Phi) is 5.09. The number of rotatable bonds is 5. The van der Waals surface area contributed by atoms with Crippen LogP contribution in [-0.4, -0.2) is 46.4 Å². The van der Waals surface area contributed by atoms with E-state index in [2.05, 4.69) is 17.1 Å². The summed E-state index contributed by atoms with van der Waals surface area (Å²) in [6, 6.07) is 2.60. The maximum Gasteiger partial charge on any atom is 0.127 e. The number of nitrogens with zero attached hydrogens (tertiary/aromatic N) is 1. The van der Waals surface area contributed by atoms with Gasteiger partial charge in [0.2, 0.25) is 0 Å². The molecule has 1 saturated heterocycles. The van der Waals surface area contributed by atoms with Crippen LogP contribution < -0.4 is 5.32 Å². The molecule has 5 nitrogen and oxygen atoms in total. The topological polar surface area (TPSA) is 76.0 Å². The van der Waals surface area contributed by atoms with E-state index >= 15 is 0 Å². The van der Waals surface area contributed by atoms with Crippen molar-refractivity contribution in [2.45, 2.75) is 32.2 Å². The highest BCUT2D eigenvalue weighted by Gasteiger charge is 2.27. The van der Waals surface area contributed by atoms with Crippen LogP contribution in [0.25, 0.3) is 0 Å². The Morgan fingerprint density at radius 2 is 1.75 bits per heavy atom. The van der Waals surface area contributed by atoms with Crippen LogP contribution in [0.4, 0.5) is 0 Å². The maximum atomic E-state index is 10.1. The van der Waals surface area contributed by atoms with Crippen molar-refractivity contribution in [3.8, 4) is 17.2 Å². The van der Waals surface area contributed by atoms with Gasteiger partial charge >= 0.3 is 0 Å². The van der Waals surface area contributed by atoms with Gasteiger partial charge in [0.05, 0.1) is 5.56 Å². The zero-order valence-corrected chi connectivity index (χ0v) is 12.0. The van der Waals surface area contributed by atoms with Crippen LogP contribution in [0.3, 0.4) is 0 Å². The zero-order chi connectivity index (χ0) is 14.5. The van der Waals surface area contributed by atoms with Crippen molar-refractivity contribution in [3.05, 3.63) is 17.7 Å². The number of phenols is 3. The quantitative estimate of drug-likeness (QED) is 0.663. The van der Waals surface area contributed by atoms with Crippen molar-refractivity contribution < 1.29 is 15.3 Å². The van der Waals surface area contributed by atoms with Crippen LogP contribution in [0.1, 0.15) is 37.8 Å². The molecule has 1 fully saturated rings. The fraction of sp³-hybridized carbons (Fsp3) is 0.600. The van der Waals surface area contributed by atoms with E-state index in [0.717, 1.165) is 45.4 Å². The fourth-order valence-electron chi connectivity index (χ4n) is 2.85. The molecule has 0 spiro atoms. The number of hydrogen-bond acceptors (Lipinski definition) is 5. The van der Waals surface area contributed by atoms with Gasteiger partial charge < -0.3 is 20.6 Å². The highest BCUT2D eigenvalue weighted by molar-refractivity contribution is 5.50. The second-order valence-electron chi connectivity index (χ2n) is 5.34. The molecule has 1 aromatic carbocycles. The Morgan fingerprint density at radius 3 is 2.30 bits per heavy atom. The predicted molar refractivity (Wildman–Crippen MR) is 78.1 cm³/mol. The minimum absolute atomic E-state index is 0.00218. The van der Waals surface area contributed by atoms with E-state index in [9.17, 15) is 15.3 Å². The molecular weight excluding hydrogens is 256 g/mol. The molecule has 0 amide bonds. The van der Waals surface area contributed by atoms with E-state index in [1.54, 1.807) is 0 Å². The van der Waals surface area contributed by atoms with Crippen molar-refractivity contribution in [1.82, 2.24) is 10.2 Å². The van der Waals surface area contributed by atoms with Gasteiger partial charge in [-0.1, -0.05) is 19.8 Å². The fourth-order valence-corrected chi connectivity index (χ4v) is 2.85. The summed E-state index contributed by atoms with van der Waals surface area (Å²) in [5.74, 6) is -0.164. The Labute approximate surface area is 119 Å². The summed E-state index contributed by atoms with van der Waals surface area (Å²) in [7, 11) is 0. The van der Waals surface area contributed by atoms with Gasteiger partial charge in [-0.15, -0.1) is 0 Å². The van der Waals surface area contributed by atoms with Gasteiger partial charge in [-0.25, -0.2) is 0 Å². The largest absolute Gasteiger partial charge is 0.508 e. The predicted octanol–water partition coefficient (Wildman–Crippen LogP) is 1.94. The molecule has 1 aliphatic rings. The average molecular weight is 280 g/mol. The van der Waals surface area contributed by atoms with E-state index in [4.69, 9.17) is 0 Å². The second kappa shape index (κ2) is 6.81. The first-order valence-corrected chi connectivity index (χ1v) is 7.33. The smallest absolute Gasteiger partial charge is 0.127 e. The van der Waals surface area contributed by atoms with Crippen LogP contribution in [0.5, 0.6) is 17.2 Å². The standard InChI is InChI=1S/C15H24N2O3/c1-2-3-4-12(17-7-5-16-6-8-17)15-13(19)9-11(18)10-14(15)20/h9-10,12,16,18-20H,2-8H2,1H3/t12-/m1/s1. The highest BCUT2D eigenvalue weighted by Crippen LogP contribution is 2.41. The summed E-state index contributed by atoms with van der Waals surface area (Å²) >= 11 is 0. The summed E-state index contributed by atoms with van der Waals surface area (Å²) in [5.41, 5.74) is 0.540. The molecule has 2 rings (SSSR count). The molecule has 4 N–H and O–H groups in total. The third-order valence-corrected chi connectivity index (χ3v) is 3.88. The average Bonchev–Trinajstić information content (AvgIpc) is 2.42. The third-order valence-electron chi connectivity index (χ3n) is 3.88. The van der Waals surface area contributed by atoms with Gasteiger partial charge in [-0.3, -0.25) is 4.90 Å². The van der Waals surface area contributed by atoms with Crippen LogP contribution in [0.15, 0.2) is 12.1 Å². The van der Waals surface area contributed by atoms with Crippen LogP contribution in [0.2, 0.25) is 0 Å². The molecule has 0 unspecified atom stereocenters. The first kappa shape index (κ1) is 14.9. The van der Waals surface area contributed by atoms with Gasteiger partial charge in [0.15, 0.2) is 0 Å². The van der Waals surface area contributed by atoms with Crippen LogP contribution in [0, 0.1) is 0 Å². The van der Waals surface area contributed by atoms with Crippen molar-refractivity contribution in [2.75, 3.05) is 26.2 Å². The first-order chi connectivity index (χ1) is 9.63. The molecule has 1 aromatic rings. The normalized spacial score (nSPS) is 18.1. The number of benzene rings is 1. The van der Waals surface area contributed by atoms with Gasteiger partial charge in [0, 0.05) is 44.4 Å². The van der Waals surface area contributed by atoms with E-state index < -0.39 is 0 Å². The lowest BCUT2D eigenvalue weighted by molar-refractivity contribution is 0.158. The minimum atomic E-state index is -0.113. The van der Waals surface area contributed by atoms with Crippen LogP contribution >= 0.6 is 0 Å². The van der Waals surface area contributed by atoms with Gasteiger partial charge in [-0.05, 0) is 6.42 Å². The molecule has 0 aliphatic carbocycles. The van der Waals surface area contributed by atoms with E-state index in [1.807, 2.05) is 0 Å². The first-order valence-electron chi connectivity index (χ1n) is 7.33. The number of nitrogens with one attached hydrogen (secondary N) is 1. The molecule has 5 heteroatoms. The molecule has 0 radical (unpaired) electrons. The Morgan fingerprint density at radius 1 is 1.15 bits per heavy atom. The van der Waals surface area contributed by atoms with Crippen LogP contribution in [-0.2, 0) is 0 Å². The Balaban J connectivity index is 2.29. The van der Waals surface area contributed by atoms with E-state index in [-0.39, 0.29) is 23.3 Å². The number of piperazine rings is 1. The van der Waals surface area contributed by atoms with Crippen molar-refractivity contribution in [2.24, 2.45) is 0 Å². The Bertz CT molecular complexity index is 422. The molecule has 0 saturated carbocycles. The molecule has 1 heterocycles. The van der Waals surface area contributed by atoms with Crippen molar-refractivity contribution >= 4 is 0 Å². The molecule has 0 bridgehead atoms. The molecule has 0 aromatic heterocycles. The summed E-state index contributed by atoms with van der Waals surface area (Å²) in [5, 5.41) is 33.0.